The molecule has 1 aromatic rings. The second-order valence-electron chi connectivity index (χ2n) is 6.95. The molecule has 2 N–H and O–H groups in total. The summed E-state index contributed by atoms with van der Waals surface area (Å²) in [5.41, 5.74) is 1.55. The van der Waals surface area contributed by atoms with Gasteiger partial charge in [-0.1, -0.05) is 44.4 Å². The highest BCUT2D eigenvalue weighted by Gasteiger charge is 2.28. The number of hydrogen-bond donors (Lipinski definition) is 2. The molecule has 138 valence electrons. The molecule has 0 aromatic heterocycles. The van der Waals surface area contributed by atoms with E-state index < -0.39 is 0 Å². The summed E-state index contributed by atoms with van der Waals surface area (Å²) in [5.74, 6) is 0.601. The predicted octanol–water partition coefficient (Wildman–Crippen LogP) is 3.54. The van der Waals surface area contributed by atoms with Gasteiger partial charge in [-0.15, -0.1) is 0 Å². The van der Waals surface area contributed by atoms with Gasteiger partial charge in [0.25, 0.3) is 0 Å². The van der Waals surface area contributed by atoms with Gasteiger partial charge in [-0.3, -0.25) is 9.59 Å². The van der Waals surface area contributed by atoms with E-state index >= 15 is 0 Å². The van der Waals surface area contributed by atoms with Crippen LogP contribution >= 0.6 is 11.6 Å². The zero-order valence-corrected chi connectivity index (χ0v) is 15.9. The molecule has 1 aromatic carbocycles. The number of hydrogen-bond acceptors (Lipinski definition) is 3. The van der Waals surface area contributed by atoms with Crippen LogP contribution in [-0.2, 0) is 14.3 Å². The minimum atomic E-state index is -0.313. The number of anilines is 1. The van der Waals surface area contributed by atoms with Gasteiger partial charge in [-0.25, -0.2) is 0 Å². The fourth-order valence-electron chi connectivity index (χ4n) is 3.14. The minimum absolute atomic E-state index is 0.111. The van der Waals surface area contributed by atoms with Crippen molar-refractivity contribution in [2.24, 2.45) is 11.8 Å². The first-order valence-corrected chi connectivity index (χ1v) is 9.17. The Balaban J connectivity index is 1.69. The van der Waals surface area contributed by atoms with E-state index in [-0.39, 0.29) is 31.1 Å². The number of rotatable bonds is 6. The van der Waals surface area contributed by atoms with Crippen LogP contribution in [0.15, 0.2) is 18.2 Å². The molecule has 1 aliphatic rings. The third kappa shape index (κ3) is 6.01. The van der Waals surface area contributed by atoms with Crippen LogP contribution in [0.3, 0.4) is 0 Å². The lowest BCUT2D eigenvalue weighted by atomic mass is 9.78. The second kappa shape index (κ2) is 9.20. The first-order valence-electron chi connectivity index (χ1n) is 8.80. The Kier molecular flexibility index (Phi) is 7.26. The molecular weight excluding hydrogens is 340 g/mol. The topological polar surface area (TPSA) is 67.4 Å². The Morgan fingerprint density at radius 3 is 2.64 bits per heavy atom. The number of carbonyl (C=O) groups is 2. The fraction of sp³-hybridized carbons (Fsp3) is 0.579. The average Bonchev–Trinajstić information content (AvgIpc) is 2.55. The van der Waals surface area contributed by atoms with Gasteiger partial charge in [0, 0.05) is 16.8 Å². The van der Waals surface area contributed by atoms with Crippen molar-refractivity contribution in [2.45, 2.75) is 46.1 Å². The molecule has 5 nitrogen and oxygen atoms in total. The quantitative estimate of drug-likeness (QED) is 0.809. The largest absolute Gasteiger partial charge is 0.362 e. The summed E-state index contributed by atoms with van der Waals surface area (Å²) < 4.78 is 5.23. The molecule has 2 amide bonds. The van der Waals surface area contributed by atoms with Crippen molar-refractivity contribution >= 4 is 29.1 Å². The van der Waals surface area contributed by atoms with Crippen molar-refractivity contribution < 1.29 is 14.3 Å². The van der Waals surface area contributed by atoms with E-state index in [1.165, 1.54) is 6.42 Å². The average molecular weight is 367 g/mol. The van der Waals surface area contributed by atoms with Crippen LogP contribution in [-0.4, -0.2) is 31.1 Å². The highest BCUT2D eigenvalue weighted by Crippen LogP contribution is 2.29. The van der Waals surface area contributed by atoms with Crippen molar-refractivity contribution in [1.29, 1.82) is 0 Å². The van der Waals surface area contributed by atoms with Gasteiger partial charge >= 0.3 is 0 Å². The molecule has 2 rings (SSSR count). The molecule has 0 radical (unpaired) electrons. The van der Waals surface area contributed by atoms with Gasteiger partial charge in [0.05, 0.1) is 0 Å². The van der Waals surface area contributed by atoms with E-state index in [0.29, 0.717) is 22.5 Å². The molecule has 0 aliphatic heterocycles. The van der Waals surface area contributed by atoms with Crippen LogP contribution in [0.5, 0.6) is 0 Å². The second-order valence-corrected chi connectivity index (χ2v) is 7.35. The Bertz CT molecular complexity index is 621. The minimum Gasteiger partial charge on any atom is -0.362 e. The van der Waals surface area contributed by atoms with Gasteiger partial charge in [-0.05, 0) is 42.9 Å². The van der Waals surface area contributed by atoms with Crippen LogP contribution in [0.25, 0.3) is 0 Å². The smallest absolute Gasteiger partial charge is 0.250 e. The van der Waals surface area contributed by atoms with Gasteiger partial charge in [0.2, 0.25) is 11.8 Å². The van der Waals surface area contributed by atoms with E-state index in [9.17, 15) is 9.59 Å². The standard InChI is InChI=1S/C19H27ClN2O3/c1-12-5-4-6-17(14(12)3)22-19(24)11-25-10-18(23)21-15-8-7-13(2)16(20)9-15/h7-9,12,14,17H,4-6,10-11H2,1-3H3,(H,21,23)(H,22,24)/t12-,14-,17-/m1/s1. The number of aryl methyl sites for hydroxylation is 1. The van der Waals surface area contributed by atoms with Crippen LogP contribution in [0.1, 0.15) is 38.7 Å². The maximum Gasteiger partial charge on any atom is 0.250 e. The van der Waals surface area contributed by atoms with E-state index in [0.717, 1.165) is 18.4 Å². The third-order valence-corrected chi connectivity index (χ3v) is 5.38. The molecular formula is C19H27ClN2O3. The molecule has 0 unspecified atom stereocenters. The van der Waals surface area contributed by atoms with Crippen molar-refractivity contribution in [3.63, 3.8) is 0 Å². The SMILES string of the molecule is Cc1ccc(NC(=O)COCC(=O)N[C@@H]2CCC[C@@H](C)[C@H]2C)cc1Cl. The molecule has 0 heterocycles. The molecule has 0 spiro atoms. The number of nitrogens with one attached hydrogen (secondary N) is 2. The van der Waals surface area contributed by atoms with Crippen molar-refractivity contribution in [2.75, 3.05) is 18.5 Å². The Hall–Kier alpha value is -1.59. The summed E-state index contributed by atoms with van der Waals surface area (Å²) in [6, 6.07) is 5.49. The van der Waals surface area contributed by atoms with E-state index in [4.69, 9.17) is 16.3 Å². The Morgan fingerprint density at radius 1 is 1.20 bits per heavy atom. The van der Waals surface area contributed by atoms with Crippen LogP contribution in [0.2, 0.25) is 5.02 Å². The summed E-state index contributed by atoms with van der Waals surface area (Å²) in [6.45, 7) is 6.01. The van der Waals surface area contributed by atoms with E-state index in [2.05, 4.69) is 24.5 Å². The number of ether oxygens (including phenoxy) is 1. The van der Waals surface area contributed by atoms with Crippen LogP contribution in [0, 0.1) is 18.8 Å². The summed E-state index contributed by atoms with van der Waals surface area (Å²) in [4.78, 5) is 23.9. The highest BCUT2D eigenvalue weighted by molar-refractivity contribution is 6.31. The first-order chi connectivity index (χ1) is 11.9. The maximum absolute atomic E-state index is 12.0. The number of halogens is 1. The zero-order valence-electron chi connectivity index (χ0n) is 15.1. The molecule has 0 bridgehead atoms. The Labute approximate surface area is 154 Å². The third-order valence-electron chi connectivity index (χ3n) is 4.98. The first kappa shape index (κ1) is 19.7. The number of amides is 2. The molecule has 1 aliphatic carbocycles. The van der Waals surface area contributed by atoms with Crippen molar-refractivity contribution in [3.8, 4) is 0 Å². The van der Waals surface area contributed by atoms with Gasteiger partial charge < -0.3 is 15.4 Å². The van der Waals surface area contributed by atoms with Gasteiger partial charge in [0.1, 0.15) is 13.2 Å². The molecule has 6 heteroatoms. The highest BCUT2D eigenvalue weighted by atomic mass is 35.5. The molecule has 1 fully saturated rings. The zero-order chi connectivity index (χ0) is 18.4. The summed E-state index contributed by atoms with van der Waals surface area (Å²) >= 11 is 6.02. The lowest BCUT2D eigenvalue weighted by Crippen LogP contribution is -2.45. The van der Waals surface area contributed by atoms with Crippen LogP contribution in [0.4, 0.5) is 5.69 Å². The maximum atomic E-state index is 12.0. The summed E-state index contributed by atoms with van der Waals surface area (Å²) in [7, 11) is 0. The van der Waals surface area contributed by atoms with Crippen molar-refractivity contribution in [1.82, 2.24) is 5.32 Å². The summed E-state index contributed by atoms with van der Waals surface area (Å²) in [6.07, 6.45) is 3.36. The summed E-state index contributed by atoms with van der Waals surface area (Å²) in [5, 5.41) is 6.31. The Morgan fingerprint density at radius 2 is 1.92 bits per heavy atom. The lowest BCUT2D eigenvalue weighted by Gasteiger charge is -2.34. The monoisotopic (exact) mass is 366 g/mol. The molecule has 25 heavy (non-hydrogen) atoms. The molecule has 1 saturated carbocycles. The van der Waals surface area contributed by atoms with Crippen LogP contribution < -0.4 is 10.6 Å². The normalized spacial score (nSPS) is 23.1. The van der Waals surface area contributed by atoms with E-state index in [1.54, 1.807) is 12.1 Å². The number of carbonyl (C=O) groups excluding carboxylic acids is 2. The van der Waals surface area contributed by atoms with E-state index in [1.807, 2.05) is 13.0 Å². The van der Waals surface area contributed by atoms with Crippen molar-refractivity contribution in [3.05, 3.63) is 28.8 Å². The predicted molar refractivity (Wildman–Crippen MR) is 99.7 cm³/mol. The molecule has 3 atom stereocenters. The van der Waals surface area contributed by atoms with Gasteiger partial charge in [-0.2, -0.15) is 0 Å². The van der Waals surface area contributed by atoms with Gasteiger partial charge in [0.15, 0.2) is 0 Å². The number of benzene rings is 1. The lowest BCUT2D eigenvalue weighted by molar-refractivity contribution is -0.129. The fourth-order valence-corrected chi connectivity index (χ4v) is 3.32. The molecule has 0 saturated heterocycles.